The fraction of sp³-hybridized carbons (Fsp3) is 1.00. The predicted molar refractivity (Wildman–Crippen MR) is 64.2 cm³/mol. The number of hydrogen-bond donors (Lipinski definition) is 4. The Morgan fingerprint density at radius 2 is 2.00 bits per heavy atom. The average molecular weight is 237 g/mol. The molecule has 0 aliphatic heterocycles. The molecule has 15 heavy (non-hydrogen) atoms. The van der Waals surface area contributed by atoms with Crippen LogP contribution in [0.15, 0.2) is 0 Å². The largest absolute Gasteiger partial charge is 0.396 e. The van der Waals surface area contributed by atoms with Gasteiger partial charge in [-0.25, -0.2) is 0 Å². The summed E-state index contributed by atoms with van der Waals surface area (Å²) < 4.78 is 0. The molecule has 0 rings (SSSR count). The molecule has 0 fully saturated rings. The summed E-state index contributed by atoms with van der Waals surface area (Å²) in [6.07, 6.45) is 1.18. The maximum atomic E-state index is 9.14. The molecule has 0 aliphatic carbocycles. The second-order valence-corrected chi connectivity index (χ2v) is 4.61. The Morgan fingerprint density at radius 3 is 2.53 bits per heavy atom. The fourth-order valence-corrected chi connectivity index (χ4v) is 2.23. The Labute approximate surface area is 96.1 Å². The third kappa shape index (κ3) is 9.14. The Kier molecular flexibility index (Phi) is 10.8. The normalized spacial score (nSPS) is 15.2. The maximum absolute atomic E-state index is 9.14. The smallest absolute Gasteiger partial charge is 0.0861 e. The van der Waals surface area contributed by atoms with E-state index in [-0.39, 0.29) is 13.2 Å². The molecule has 2 unspecified atom stereocenters. The van der Waals surface area contributed by atoms with Crippen LogP contribution in [0.4, 0.5) is 0 Å². The van der Waals surface area contributed by atoms with Crippen LogP contribution in [0.25, 0.3) is 0 Å². The van der Waals surface area contributed by atoms with Crippen LogP contribution in [0, 0.1) is 0 Å². The van der Waals surface area contributed by atoms with Crippen molar-refractivity contribution in [1.29, 1.82) is 0 Å². The molecule has 4 nitrogen and oxygen atoms in total. The lowest BCUT2D eigenvalue weighted by molar-refractivity contribution is 0.113. The standard InChI is InChI=1S/C10H23NO3S/c1-2-4-11-9(3-5-12)7-15-8-10(14)6-13/h9-14H,2-8H2,1H3. The van der Waals surface area contributed by atoms with E-state index in [1.54, 1.807) is 11.8 Å². The van der Waals surface area contributed by atoms with Gasteiger partial charge in [-0.05, 0) is 19.4 Å². The molecule has 0 radical (unpaired) electrons. The number of aliphatic hydroxyl groups excluding tert-OH is 3. The van der Waals surface area contributed by atoms with Gasteiger partial charge in [0.1, 0.15) is 0 Å². The van der Waals surface area contributed by atoms with Gasteiger partial charge in [0.05, 0.1) is 12.7 Å². The number of thioether (sulfide) groups is 1. The highest BCUT2D eigenvalue weighted by molar-refractivity contribution is 7.99. The molecule has 0 saturated heterocycles. The monoisotopic (exact) mass is 237 g/mol. The van der Waals surface area contributed by atoms with Crippen LogP contribution >= 0.6 is 11.8 Å². The third-order valence-corrected chi connectivity index (χ3v) is 3.26. The zero-order valence-corrected chi connectivity index (χ0v) is 10.2. The highest BCUT2D eigenvalue weighted by Crippen LogP contribution is 2.07. The van der Waals surface area contributed by atoms with Gasteiger partial charge in [-0.15, -0.1) is 0 Å². The van der Waals surface area contributed by atoms with Crippen molar-refractivity contribution >= 4 is 11.8 Å². The summed E-state index contributed by atoms with van der Waals surface area (Å²) in [5.74, 6) is 1.41. The van der Waals surface area contributed by atoms with Crippen LogP contribution in [0.1, 0.15) is 19.8 Å². The van der Waals surface area contributed by atoms with Gasteiger partial charge >= 0.3 is 0 Å². The molecule has 2 atom stereocenters. The van der Waals surface area contributed by atoms with Gasteiger partial charge in [0.2, 0.25) is 0 Å². The quantitative estimate of drug-likeness (QED) is 0.424. The first-order valence-corrected chi connectivity index (χ1v) is 6.61. The van der Waals surface area contributed by atoms with Gasteiger partial charge in [0.15, 0.2) is 0 Å². The van der Waals surface area contributed by atoms with Gasteiger partial charge in [0.25, 0.3) is 0 Å². The van der Waals surface area contributed by atoms with Crippen LogP contribution in [0.5, 0.6) is 0 Å². The lowest BCUT2D eigenvalue weighted by Gasteiger charge is -2.17. The lowest BCUT2D eigenvalue weighted by Crippen LogP contribution is -2.33. The first-order chi connectivity index (χ1) is 7.24. The Hall–Kier alpha value is 0.190. The molecule has 0 amide bonds. The van der Waals surface area contributed by atoms with E-state index in [4.69, 9.17) is 15.3 Å². The molecule has 0 aromatic rings. The van der Waals surface area contributed by atoms with Crippen molar-refractivity contribution < 1.29 is 15.3 Å². The number of rotatable bonds is 10. The van der Waals surface area contributed by atoms with E-state index in [1.165, 1.54) is 0 Å². The summed E-state index contributed by atoms with van der Waals surface area (Å²) in [6, 6.07) is 0.297. The van der Waals surface area contributed by atoms with Crippen LogP contribution in [-0.2, 0) is 0 Å². The first-order valence-electron chi connectivity index (χ1n) is 5.45. The van der Waals surface area contributed by atoms with Gasteiger partial charge < -0.3 is 20.6 Å². The van der Waals surface area contributed by atoms with Gasteiger partial charge in [-0.3, -0.25) is 0 Å². The SMILES string of the molecule is CCCNC(CCO)CSCC(O)CO. The summed E-state index contributed by atoms with van der Waals surface area (Å²) in [7, 11) is 0. The van der Waals surface area contributed by atoms with Crippen LogP contribution in [0.2, 0.25) is 0 Å². The summed E-state index contributed by atoms with van der Waals surface area (Å²) in [5.41, 5.74) is 0. The molecule has 0 bridgehead atoms. The van der Waals surface area contributed by atoms with Crippen LogP contribution in [0.3, 0.4) is 0 Å². The molecule has 5 heteroatoms. The second-order valence-electron chi connectivity index (χ2n) is 3.54. The summed E-state index contributed by atoms with van der Waals surface area (Å²) >= 11 is 1.60. The molecule has 92 valence electrons. The maximum Gasteiger partial charge on any atom is 0.0861 e. The van der Waals surface area contributed by atoms with E-state index in [0.717, 1.165) is 25.1 Å². The number of hydrogen-bond acceptors (Lipinski definition) is 5. The minimum absolute atomic E-state index is 0.181. The summed E-state index contributed by atoms with van der Waals surface area (Å²) in [5, 5.41) is 30.0. The zero-order valence-electron chi connectivity index (χ0n) is 9.35. The van der Waals surface area contributed by atoms with Crippen molar-refractivity contribution in [3.05, 3.63) is 0 Å². The topological polar surface area (TPSA) is 72.7 Å². The first kappa shape index (κ1) is 15.2. The minimum atomic E-state index is -0.629. The van der Waals surface area contributed by atoms with Crippen molar-refractivity contribution in [2.45, 2.75) is 31.9 Å². The predicted octanol–water partition coefficient (Wildman–Crippen LogP) is -0.177. The average Bonchev–Trinajstić information content (AvgIpc) is 2.25. The molecular weight excluding hydrogens is 214 g/mol. The van der Waals surface area contributed by atoms with E-state index in [2.05, 4.69) is 12.2 Å². The Balaban J connectivity index is 3.55. The van der Waals surface area contributed by atoms with Crippen molar-refractivity contribution in [1.82, 2.24) is 5.32 Å². The molecule has 0 aromatic heterocycles. The fourth-order valence-electron chi connectivity index (χ4n) is 1.15. The van der Waals surface area contributed by atoms with E-state index < -0.39 is 6.10 Å². The van der Waals surface area contributed by atoms with E-state index in [1.807, 2.05) is 0 Å². The van der Waals surface area contributed by atoms with E-state index in [0.29, 0.717) is 11.8 Å². The molecule has 0 aromatic carbocycles. The van der Waals surface area contributed by atoms with E-state index >= 15 is 0 Å². The second kappa shape index (κ2) is 10.7. The van der Waals surface area contributed by atoms with Crippen molar-refractivity contribution in [3.63, 3.8) is 0 Å². The Morgan fingerprint density at radius 1 is 1.27 bits per heavy atom. The molecule has 0 aliphatic rings. The molecule has 4 N–H and O–H groups in total. The summed E-state index contributed by atoms with van der Waals surface area (Å²) in [6.45, 7) is 3.06. The van der Waals surface area contributed by atoms with Crippen LogP contribution in [-0.4, -0.2) is 58.7 Å². The highest BCUT2D eigenvalue weighted by Gasteiger charge is 2.08. The molecule has 0 heterocycles. The Bertz CT molecular complexity index is 138. The lowest BCUT2D eigenvalue weighted by atomic mass is 10.2. The molecule has 0 spiro atoms. The van der Waals surface area contributed by atoms with Crippen molar-refractivity contribution in [2.24, 2.45) is 0 Å². The minimum Gasteiger partial charge on any atom is -0.396 e. The van der Waals surface area contributed by atoms with Gasteiger partial charge in [-0.2, -0.15) is 11.8 Å². The molecular formula is C10H23NO3S. The zero-order chi connectivity index (χ0) is 11.5. The number of aliphatic hydroxyl groups is 3. The van der Waals surface area contributed by atoms with Crippen molar-refractivity contribution in [2.75, 3.05) is 31.3 Å². The highest BCUT2D eigenvalue weighted by atomic mass is 32.2. The van der Waals surface area contributed by atoms with Gasteiger partial charge in [0, 0.05) is 24.2 Å². The molecule has 0 saturated carbocycles. The van der Waals surface area contributed by atoms with Crippen molar-refractivity contribution in [3.8, 4) is 0 Å². The van der Waals surface area contributed by atoms with Crippen LogP contribution < -0.4 is 5.32 Å². The number of nitrogens with one attached hydrogen (secondary N) is 1. The third-order valence-electron chi connectivity index (χ3n) is 2.00. The van der Waals surface area contributed by atoms with E-state index in [9.17, 15) is 0 Å². The van der Waals surface area contributed by atoms with Gasteiger partial charge in [-0.1, -0.05) is 6.92 Å². The summed E-state index contributed by atoms with van der Waals surface area (Å²) in [4.78, 5) is 0.